The van der Waals surface area contributed by atoms with E-state index in [9.17, 15) is 23.8 Å². The van der Waals surface area contributed by atoms with Crippen LogP contribution < -0.4 is 22.8 Å². The fourth-order valence-electron chi connectivity index (χ4n) is 4.31. The summed E-state index contributed by atoms with van der Waals surface area (Å²) in [6.45, 7) is 2.60. The third kappa shape index (κ3) is 6.99. The molecule has 4 heterocycles. The lowest BCUT2D eigenvalue weighted by molar-refractivity contribution is -0.0483. The highest BCUT2D eigenvalue weighted by Crippen LogP contribution is 2.41. The Balaban J connectivity index is 1.39. The van der Waals surface area contributed by atoms with Crippen LogP contribution in [0.4, 0.5) is 11.6 Å². The van der Waals surface area contributed by atoms with Crippen LogP contribution in [0.1, 0.15) is 36.4 Å². The molecule has 0 aliphatic carbocycles. The Morgan fingerprint density at radius 2 is 1.46 bits per heavy atom. The molecule has 216 valence electrons. The maximum atomic E-state index is 12.7. The summed E-state index contributed by atoms with van der Waals surface area (Å²) in [6, 6.07) is 0. The van der Waals surface area contributed by atoms with Crippen molar-refractivity contribution in [1.29, 1.82) is 0 Å². The first-order chi connectivity index (χ1) is 18.5. The molecule has 2 aliphatic heterocycles. The van der Waals surface area contributed by atoms with Gasteiger partial charge in [-0.2, -0.15) is 9.97 Å². The molecule has 5 N–H and O–H groups in total. The van der Waals surface area contributed by atoms with Gasteiger partial charge < -0.3 is 39.6 Å². The van der Waals surface area contributed by atoms with E-state index in [1.54, 1.807) is 13.8 Å². The molecule has 6 unspecified atom stereocenters. The molecule has 0 spiro atoms. The minimum absolute atomic E-state index is 0.0811. The predicted octanol–water partition coefficient (Wildman–Crippen LogP) is 0.345. The second kappa shape index (κ2) is 12.6. The van der Waals surface area contributed by atoms with Crippen LogP contribution in [0.2, 0.25) is 0 Å². The van der Waals surface area contributed by atoms with Gasteiger partial charge in [0, 0.05) is 36.4 Å². The lowest BCUT2D eigenvalue weighted by Crippen LogP contribution is -2.29. The summed E-state index contributed by atoms with van der Waals surface area (Å²) in [5.74, 6) is 0.179. The third-order valence-corrected chi connectivity index (χ3v) is 8.09. The lowest BCUT2D eigenvalue weighted by Gasteiger charge is -2.20. The fourth-order valence-corrected chi connectivity index (χ4v) is 6.09. The number of thiol groups is 1. The molecule has 2 aromatic heterocycles. The van der Waals surface area contributed by atoms with E-state index in [0.29, 0.717) is 11.1 Å². The number of hydrogen-bond donors (Lipinski definition) is 4. The van der Waals surface area contributed by atoms with E-state index in [0.717, 1.165) is 0 Å². The van der Waals surface area contributed by atoms with E-state index >= 15 is 0 Å². The van der Waals surface area contributed by atoms with Crippen LogP contribution in [0.3, 0.4) is 0 Å². The molecule has 2 saturated heterocycles. The van der Waals surface area contributed by atoms with Crippen molar-refractivity contribution in [3.8, 4) is 0 Å². The molecule has 16 nitrogen and oxygen atoms in total. The molecule has 2 aliphatic rings. The Morgan fingerprint density at radius 3 is 1.95 bits per heavy atom. The van der Waals surface area contributed by atoms with Gasteiger partial charge in [-0.3, -0.25) is 18.3 Å². The fraction of sp³-hybridized carbons (Fsp3) is 0.600. The van der Waals surface area contributed by atoms with Crippen molar-refractivity contribution < 1.29 is 37.3 Å². The number of nitrogens with two attached hydrogens (primary N) is 2. The van der Waals surface area contributed by atoms with Crippen LogP contribution in [-0.2, 0) is 32.2 Å². The average molecular weight is 609 g/mol. The molecule has 8 atom stereocenters. The van der Waals surface area contributed by atoms with Gasteiger partial charge in [0.15, 0.2) is 0 Å². The minimum atomic E-state index is -3.17. The molecule has 0 saturated carbocycles. The number of aromatic nitrogens is 4. The van der Waals surface area contributed by atoms with E-state index in [4.69, 9.17) is 34.5 Å². The van der Waals surface area contributed by atoms with Crippen molar-refractivity contribution in [3.63, 3.8) is 0 Å². The Hall–Kier alpha value is -2.07. The highest BCUT2D eigenvalue weighted by atomic mass is 32.7. The summed E-state index contributed by atoms with van der Waals surface area (Å²) in [4.78, 5) is 32.1. The minimum Gasteiger partial charge on any atom is -0.394 e. The predicted molar refractivity (Wildman–Crippen MR) is 142 cm³/mol. The maximum Gasteiger partial charge on any atom is 0.351 e. The van der Waals surface area contributed by atoms with Gasteiger partial charge in [0.2, 0.25) is 7.23 Å². The third-order valence-electron chi connectivity index (χ3n) is 6.37. The van der Waals surface area contributed by atoms with Crippen LogP contribution >= 0.6 is 27.7 Å². The van der Waals surface area contributed by atoms with Crippen LogP contribution in [0, 0.1) is 13.8 Å². The van der Waals surface area contributed by atoms with E-state index < -0.39 is 70.3 Å². The molecular weight excluding hydrogens is 578 g/mol. The van der Waals surface area contributed by atoms with Crippen LogP contribution in [-0.4, -0.2) is 61.8 Å². The first-order valence-corrected chi connectivity index (χ1v) is 15.6. The molecule has 2 fully saturated rings. The zero-order chi connectivity index (χ0) is 28.4. The quantitative estimate of drug-likeness (QED) is 0.211. The number of rotatable bonds is 10. The van der Waals surface area contributed by atoms with E-state index in [1.807, 2.05) is 0 Å². The van der Waals surface area contributed by atoms with Crippen molar-refractivity contribution >= 4 is 39.4 Å². The number of nitrogens with zero attached hydrogens (tertiary/aromatic N) is 4. The molecular formula is C20H30N6O10P2S. The maximum absolute atomic E-state index is 12.7. The monoisotopic (exact) mass is 608 g/mol. The summed E-state index contributed by atoms with van der Waals surface area (Å²) in [5.41, 5.74) is 11.2. The average Bonchev–Trinajstić information content (AvgIpc) is 3.45. The van der Waals surface area contributed by atoms with Crippen molar-refractivity contribution in [1.82, 2.24) is 19.1 Å². The summed E-state index contributed by atoms with van der Waals surface area (Å²) >= 11 is 3.82. The van der Waals surface area contributed by atoms with Gasteiger partial charge in [0.05, 0.1) is 25.4 Å². The number of aryl methyl sites for hydroxylation is 2. The number of aliphatic hydroxyl groups excluding tert-OH is 1. The van der Waals surface area contributed by atoms with E-state index in [-0.39, 0.29) is 31.1 Å². The summed E-state index contributed by atoms with van der Waals surface area (Å²) in [5, 5.41) is 9.73. The highest BCUT2D eigenvalue weighted by Gasteiger charge is 2.41. The number of hydrogen-bond acceptors (Lipinski definition) is 14. The molecule has 0 radical (unpaired) electrons. The largest absolute Gasteiger partial charge is 0.394 e. The summed E-state index contributed by atoms with van der Waals surface area (Å²) in [7, 11) is -5.86. The second-order valence-electron chi connectivity index (χ2n) is 9.05. The van der Waals surface area contributed by atoms with Crippen LogP contribution in [0.5, 0.6) is 0 Å². The molecule has 19 heteroatoms. The van der Waals surface area contributed by atoms with Crippen molar-refractivity contribution in [2.24, 2.45) is 0 Å². The molecule has 0 aromatic carbocycles. The Labute approximate surface area is 228 Å². The number of ether oxygens (including phenoxy) is 2. The molecule has 2 aromatic rings. The van der Waals surface area contributed by atoms with Crippen molar-refractivity contribution in [3.05, 3.63) is 44.5 Å². The van der Waals surface area contributed by atoms with Crippen LogP contribution in [0.25, 0.3) is 0 Å². The van der Waals surface area contributed by atoms with Gasteiger partial charge in [-0.1, -0.05) is 12.2 Å². The zero-order valence-corrected chi connectivity index (χ0v) is 23.9. The Kier molecular flexibility index (Phi) is 9.68. The zero-order valence-electron chi connectivity index (χ0n) is 21.0. The van der Waals surface area contributed by atoms with Crippen LogP contribution in [0.15, 0.2) is 22.0 Å². The van der Waals surface area contributed by atoms with E-state index in [2.05, 4.69) is 22.2 Å². The SMILES string of the molecule is Cc1cn(C2C[C@H](O[PH](=O)S)C(CO[PH](=O)O[C@H]3CC(n4cc(C)c(N)nc4=O)OC3CO)O2)c(=O)nc1N. The number of aliphatic hydroxyl groups is 1. The Morgan fingerprint density at radius 1 is 0.974 bits per heavy atom. The molecule has 4 rings (SSSR count). The summed E-state index contributed by atoms with van der Waals surface area (Å²) < 4.78 is 54.7. The van der Waals surface area contributed by atoms with Gasteiger partial charge in [-0.25, -0.2) is 9.59 Å². The standard InChI is InChI=1S/C20H30N6O10P2S/c1-9-5-25(19(28)23-17(9)21)15-3-11(13(7-27)33-15)35-37(30)32-8-14-12(36-38(31)39)4-16(34-14)26-6-10(2)18(22)24-20(26)29/h5-6,11-16,27,37-38H,3-4,7-8H2,1-2H3,(H,31,39)(H2,21,23,28)(H2,22,24,29)/t11-,12-,13?,14?,15?,16?/m0/s1. The van der Waals surface area contributed by atoms with Gasteiger partial charge in [-0.15, -0.1) is 0 Å². The van der Waals surface area contributed by atoms with E-state index in [1.165, 1.54) is 21.5 Å². The number of nitrogen functional groups attached to an aromatic ring is 2. The molecule has 0 bridgehead atoms. The second-order valence-corrected chi connectivity index (χ2v) is 11.9. The Bertz CT molecular complexity index is 1380. The normalized spacial score (nSPS) is 28.5. The molecule has 0 amide bonds. The summed E-state index contributed by atoms with van der Waals surface area (Å²) in [6.07, 6.45) is -1.92. The van der Waals surface area contributed by atoms with Gasteiger partial charge >= 0.3 is 19.6 Å². The van der Waals surface area contributed by atoms with Gasteiger partial charge in [-0.05, 0) is 13.8 Å². The first-order valence-electron chi connectivity index (χ1n) is 11.8. The lowest BCUT2D eigenvalue weighted by atomic mass is 10.2. The topological polar surface area (TPSA) is 222 Å². The smallest absolute Gasteiger partial charge is 0.351 e. The first kappa shape index (κ1) is 29.9. The molecule has 39 heavy (non-hydrogen) atoms. The number of anilines is 2. The van der Waals surface area contributed by atoms with Crippen molar-refractivity contribution in [2.75, 3.05) is 24.7 Å². The van der Waals surface area contributed by atoms with Gasteiger partial charge in [0.25, 0.3) is 0 Å². The van der Waals surface area contributed by atoms with Crippen molar-refractivity contribution in [2.45, 2.75) is 63.6 Å². The van der Waals surface area contributed by atoms with Gasteiger partial charge in [0.1, 0.15) is 36.3 Å². The highest BCUT2D eigenvalue weighted by molar-refractivity contribution is 8.39.